The summed E-state index contributed by atoms with van der Waals surface area (Å²) in [6.45, 7) is 4.22. The number of nitrogens with one attached hydrogen (secondary N) is 1. The second kappa shape index (κ2) is 11.6. The predicted octanol–water partition coefficient (Wildman–Crippen LogP) is 4.14. The molecule has 34 heavy (non-hydrogen) atoms. The average molecular weight is 483 g/mol. The van der Waals surface area contributed by atoms with Gasteiger partial charge in [0.15, 0.2) is 0 Å². The quantitative estimate of drug-likeness (QED) is 0.444. The summed E-state index contributed by atoms with van der Waals surface area (Å²) < 4.78 is 37.3. The highest BCUT2D eigenvalue weighted by atomic mass is 32.2. The second-order valence-corrected chi connectivity index (χ2v) is 10.0. The molecule has 0 aliphatic heterocycles. The van der Waals surface area contributed by atoms with E-state index in [1.807, 2.05) is 68.4 Å². The van der Waals surface area contributed by atoms with Crippen LogP contribution in [0.1, 0.15) is 25.0 Å². The van der Waals surface area contributed by atoms with Crippen molar-refractivity contribution in [3.05, 3.63) is 90.0 Å². The van der Waals surface area contributed by atoms with Gasteiger partial charge in [-0.3, -0.25) is 9.10 Å². The molecule has 0 aliphatic rings. The molecule has 0 unspecified atom stereocenters. The van der Waals surface area contributed by atoms with E-state index in [0.29, 0.717) is 23.8 Å². The fraction of sp³-hybridized carbons (Fsp3) is 0.269. The highest BCUT2D eigenvalue weighted by Gasteiger charge is 2.21. The maximum atomic E-state index is 12.6. The minimum atomic E-state index is -3.67. The first kappa shape index (κ1) is 25.1. The second-order valence-electron chi connectivity index (χ2n) is 8.13. The van der Waals surface area contributed by atoms with E-state index in [0.717, 1.165) is 21.7 Å². The summed E-state index contributed by atoms with van der Waals surface area (Å²) >= 11 is 0. The minimum Gasteiger partial charge on any atom is -0.491 e. The number of sulfonamides is 1. The number of carbonyl (C=O) groups excluding carboxylic acids is 1. The molecule has 0 atom stereocenters. The van der Waals surface area contributed by atoms with E-state index in [1.165, 1.54) is 0 Å². The van der Waals surface area contributed by atoms with Crippen molar-refractivity contribution in [3.63, 3.8) is 0 Å². The van der Waals surface area contributed by atoms with E-state index >= 15 is 0 Å². The van der Waals surface area contributed by atoms with Crippen LogP contribution in [0.3, 0.4) is 0 Å². The van der Waals surface area contributed by atoms with E-state index in [-0.39, 0.29) is 19.2 Å². The Morgan fingerprint density at radius 2 is 1.59 bits per heavy atom. The summed E-state index contributed by atoms with van der Waals surface area (Å²) in [7, 11) is -3.67. The third-order valence-corrected chi connectivity index (χ3v) is 5.96. The van der Waals surface area contributed by atoms with Crippen molar-refractivity contribution < 1.29 is 22.7 Å². The number of anilines is 1. The fourth-order valence-electron chi connectivity index (χ4n) is 3.24. The number of amides is 1. The van der Waals surface area contributed by atoms with Crippen molar-refractivity contribution in [2.45, 2.75) is 33.1 Å². The summed E-state index contributed by atoms with van der Waals surface area (Å²) in [6, 6.07) is 23.8. The first-order valence-corrected chi connectivity index (χ1v) is 12.8. The molecule has 1 N–H and O–H groups in total. The van der Waals surface area contributed by atoms with Gasteiger partial charge in [-0.15, -0.1) is 0 Å². The molecular weight excluding hydrogens is 452 g/mol. The molecule has 3 aromatic carbocycles. The highest BCUT2D eigenvalue weighted by molar-refractivity contribution is 7.92. The van der Waals surface area contributed by atoms with Gasteiger partial charge in [0.1, 0.15) is 24.7 Å². The molecule has 7 nitrogen and oxygen atoms in total. The number of carbonyl (C=O) groups is 1. The summed E-state index contributed by atoms with van der Waals surface area (Å²) in [5, 5.41) is 2.78. The largest absolute Gasteiger partial charge is 0.491 e. The Bertz CT molecular complexity index is 1180. The molecule has 0 bridgehead atoms. The van der Waals surface area contributed by atoms with Crippen LogP contribution >= 0.6 is 0 Å². The molecule has 0 saturated carbocycles. The van der Waals surface area contributed by atoms with Gasteiger partial charge >= 0.3 is 0 Å². The number of benzene rings is 3. The van der Waals surface area contributed by atoms with Crippen LogP contribution in [0.25, 0.3) is 0 Å². The summed E-state index contributed by atoms with van der Waals surface area (Å²) in [4.78, 5) is 12.6. The van der Waals surface area contributed by atoms with Gasteiger partial charge in [-0.2, -0.15) is 0 Å². The highest BCUT2D eigenvalue weighted by Crippen LogP contribution is 2.22. The molecule has 3 aromatic rings. The molecule has 3 rings (SSSR count). The van der Waals surface area contributed by atoms with Crippen LogP contribution in [-0.2, 0) is 28.0 Å². The third kappa shape index (κ3) is 7.81. The first-order chi connectivity index (χ1) is 16.2. The topological polar surface area (TPSA) is 84.9 Å². The Labute approximate surface area is 201 Å². The van der Waals surface area contributed by atoms with Crippen LogP contribution < -0.4 is 19.1 Å². The van der Waals surface area contributed by atoms with Crippen molar-refractivity contribution >= 4 is 21.6 Å². The van der Waals surface area contributed by atoms with Crippen LogP contribution in [0.4, 0.5) is 5.69 Å². The molecule has 180 valence electrons. The van der Waals surface area contributed by atoms with Gasteiger partial charge in [0.25, 0.3) is 0 Å². The average Bonchev–Trinajstić information content (AvgIpc) is 2.80. The van der Waals surface area contributed by atoms with Crippen molar-refractivity contribution in [1.82, 2.24) is 5.32 Å². The lowest BCUT2D eigenvalue weighted by molar-refractivity contribution is -0.119. The van der Waals surface area contributed by atoms with Crippen LogP contribution in [0.2, 0.25) is 0 Å². The Hall–Kier alpha value is -3.52. The lowest BCUT2D eigenvalue weighted by Crippen LogP contribution is -2.40. The number of hydrogen-bond donors (Lipinski definition) is 1. The predicted molar refractivity (Wildman–Crippen MR) is 133 cm³/mol. The lowest BCUT2D eigenvalue weighted by atomic mass is 10.2. The van der Waals surface area contributed by atoms with Crippen LogP contribution in [0, 0.1) is 0 Å². The maximum absolute atomic E-state index is 12.6. The summed E-state index contributed by atoms with van der Waals surface area (Å²) in [5.74, 6) is 0.910. The fourth-order valence-corrected chi connectivity index (χ4v) is 4.09. The summed E-state index contributed by atoms with van der Waals surface area (Å²) in [5.41, 5.74) is 2.27. The molecule has 0 heterocycles. The van der Waals surface area contributed by atoms with Crippen molar-refractivity contribution in [2.75, 3.05) is 17.1 Å². The van der Waals surface area contributed by atoms with Crippen molar-refractivity contribution in [2.24, 2.45) is 0 Å². The lowest BCUT2D eigenvalue weighted by Gasteiger charge is -2.22. The molecule has 8 heteroatoms. The zero-order valence-corrected chi connectivity index (χ0v) is 20.4. The number of ether oxygens (including phenoxy) is 2. The van der Waals surface area contributed by atoms with Crippen LogP contribution in [-0.4, -0.2) is 33.2 Å². The van der Waals surface area contributed by atoms with Gasteiger partial charge < -0.3 is 14.8 Å². The van der Waals surface area contributed by atoms with Gasteiger partial charge in [0.2, 0.25) is 15.9 Å². The van der Waals surface area contributed by atoms with E-state index in [2.05, 4.69) is 5.32 Å². The Balaban J connectivity index is 1.60. The molecular formula is C26H30N2O5S. The number of hydrogen-bond acceptors (Lipinski definition) is 5. The van der Waals surface area contributed by atoms with Crippen LogP contribution in [0.15, 0.2) is 78.9 Å². The van der Waals surface area contributed by atoms with Crippen LogP contribution in [0.5, 0.6) is 11.5 Å². The van der Waals surface area contributed by atoms with Gasteiger partial charge in [0, 0.05) is 6.54 Å². The zero-order valence-electron chi connectivity index (χ0n) is 19.6. The number of rotatable bonds is 11. The number of nitrogens with zero attached hydrogens (tertiary/aromatic N) is 1. The monoisotopic (exact) mass is 482 g/mol. The van der Waals surface area contributed by atoms with E-state index < -0.39 is 15.9 Å². The molecule has 0 fully saturated rings. The smallest absolute Gasteiger partial charge is 0.241 e. The van der Waals surface area contributed by atoms with Crippen molar-refractivity contribution in [3.8, 4) is 11.5 Å². The van der Waals surface area contributed by atoms with E-state index in [4.69, 9.17) is 9.47 Å². The van der Waals surface area contributed by atoms with Gasteiger partial charge in [-0.25, -0.2) is 8.42 Å². The van der Waals surface area contributed by atoms with Gasteiger partial charge in [-0.05, 0) is 61.4 Å². The first-order valence-electron chi connectivity index (χ1n) is 11.0. The standard InChI is InChI=1S/C26H30N2O5S/c1-20(2)33-25-11-7-10-22(16-25)17-27-26(29)18-28(34(3,30)31)23-12-14-24(15-13-23)32-19-21-8-5-4-6-9-21/h4-16,20H,17-19H2,1-3H3,(H,27,29). The van der Waals surface area contributed by atoms with Crippen molar-refractivity contribution in [1.29, 1.82) is 0 Å². The maximum Gasteiger partial charge on any atom is 0.241 e. The van der Waals surface area contributed by atoms with Gasteiger partial charge in [-0.1, -0.05) is 42.5 Å². The molecule has 0 aliphatic carbocycles. The summed E-state index contributed by atoms with van der Waals surface area (Å²) in [6.07, 6.45) is 1.12. The molecule has 0 aromatic heterocycles. The minimum absolute atomic E-state index is 0.0447. The van der Waals surface area contributed by atoms with Gasteiger partial charge in [0.05, 0.1) is 18.0 Å². The molecule has 0 saturated heterocycles. The SMILES string of the molecule is CC(C)Oc1cccc(CNC(=O)CN(c2ccc(OCc3ccccc3)cc2)S(C)(=O)=O)c1. The molecule has 0 radical (unpaired) electrons. The Morgan fingerprint density at radius 1 is 0.912 bits per heavy atom. The molecule has 1 amide bonds. The normalized spacial score (nSPS) is 11.2. The zero-order chi connectivity index (χ0) is 24.6. The molecule has 0 spiro atoms. The van der Waals surface area contributed by atoms with E-state index in [1.54, 1.807) is 24.3 Å². The Morgan fingerprint density at radius 3 is 2.24 bits per heavy atom. The van der Waals surface area contributed by atoms with E-state index in [9.17, 15) is 13.2 Å². The Kier molecular flexibility index (Phi) is 8.54. The third-order valence-electron chi connectivity index (χ3n) is 4.82.